The van der Waals surface area contributed by atoms with Crippen LogP contribution in [-0.4, -0.2) is 54.7 Å². The van der Waals surface area contributed by atoms with E-state index < -0.39 is 47.6 Å². The van der Waals surface area contributed by atoms with Gasteiger partial charge in [0.2, 0.25) is 11.8 Å². The van der Waals surface area contributed by atoms with Gasteiger partial charge in [-0.2, -0.15) is 0 Å². The van der Waals surface area contributed by atoms with Crippen LogP contribution in [0.25, 0.3) is 0 Å². The molecule has 3 atom stereocenters. The Labute approximate surface area is 208 Å². The van der Waals surface area contributed by atoms with Crippen molar-refractivity contribution in [3.05, 3.63) is 35.9 Å². The van der Waals surface area contributed by atoms with E-state index in [2.05, 4.69) is 16.0 Å². The highest BCUT2D eigenvalue weighted by Gasteiger charge is 2.32. The summed E-state index contributed by atoms with van der Waals surface area (Å²) in [6, 6.07) is 6.52. The summed E-state index contributed by atoms with van der Waals surface area (Å²) in [5.74, 6) is -1.77. The van der Waals surface area contributed by atoms with Crippen LogP contribution in [-0.2, 0) is 30.3 Å². The summed E-state index contributed by atoms with van der Waals surface area (Å²) in [5, 5.41) is 8.07. The third-order valence-corrected chi connectivity index (χ3v) is 5.05. The molecule has 196 valence electrons. The van der Waals surface area contributed by atoms with Gasteiger partial charge in [0, 0.05) is 6.42 Å². The molecule has 1 aromatic rings. The lowest BCUT2D eigenvalue weighted by Crippen LogP contribution is -2.57. The SMILES string of the molecule is COC(=O)[C@@H](Cc1ccccc1)NC(=O)[C@H](CC(C)C)NC(=O)[C@@H](NC(=O)OC(C)(C)C)C(C)C. The molecular weight excluding hydrogens is 450 g/mol. The highest BCUT2D eigenvalue weighted by molar-refractivity contribution is 5.93. The number of benzene rings is 1. The lowest BCUT2D eigenvalue weighted by atomic mass is 9.99. The van der Waals surface area contributed by atoms with Crippen LogP contribution < -0.4 is 16.0 Å². The number of hydrogen-bond acceptors (Lipinski definition) is 6. The second-order valence-corrected chi connectivity index (χ2v) is 10.3. The summed E-state index contributed by atoms with van der Waals surface area (Å²) >= 11 is 0. The third-order valence-electron chi connectivity index (χ3n) is 5.05. The first-order valence-corrected chi connectivity index (χ1v) is 12.0. The summed E-state index contributed by atoms with van der Waals surface area (Å²) in [7, 11) is 1.26. The molecule has 0 saturated carbocycles. The Morgan fingerprint density at radius 2 is 1.43 bits per heavy atom. The maximum absolute atomic E-state index is 13.2. The van der Waals surface area contributed by atoms with Gasteiger partial charge in [-0.3, -0.25) is 9.59 Å². The van der Waals surface area contributed by atoms with Crippen LogP contribution in [0.4, 0.5) is 4.79 Å². The van der Waals surface area contributed by atoms with Gasteiger partial charge in [0.1, 0.15) is 23.7 Å². The van der Waals surface area contributed by atoms with E-state index >= 15 is 0 Å². The van der Waals surface area contributed by atoms with Crippen molar-refractivity contribution in [2.45, 2.75) is 85.0 Å². The highest BCUT2D eigenvalue weighted by Crippen LogP contribution is 2.12. The van der Waals surface area contributed by atoms with E-state index in [-0.39, 0.29) is 18.3 Å². The Bertz CT molecular complexity index is 848. The number of alkyl carbamates (subject to hydrolysis) is 1. The predicted molar refractivity (Wildman–Crippen MR) is 133 cm³/mol. The van der Waals surface area contributed by atoms with Crippen molar-refractivity contribution < 1.29 is 28.7 Å². The van der Waals surface area contributed by atoms with Crippen LogP contribution in [0, 0.1) is 11.8 Å². The number of nitrogens with one attached hydrogen (secondary N) is 3. The Morgan fingerprint density at radius 1 is 0.857 bits per heavy atom. The number of hydrogen-bond donors (Lipinski definition) is 3. The molecule has 1 aromatic carbocycles. The van der Waals surface area contributed by atoms with Crippen molar-refractivity contribution in [1.29, 1.82) is 0 Å². The fourth-order valence-corrected chi connectivity index (χ4v) is 3.39. The van der Waals surface area contributed by atoms with Gasteiger partial charge in [-0.05, 0) is 44.6 Å². The Hall–Kier alpha value is -3.10. The average Bonchev–Trinajstić information content (AvgIpc) is 2.74. The number of amides is 3. The van der Waals surface area contributed by atoms with E-state index in [0.717, 1.165) is 5.56 Å². The van der Waals surface area contributed by atoms with Crippen molar-refractivity contribution in [3.8, 4) is 0 Å². The summed E-state index contributed by atoms with van der Waals surface area (Å²) in [6.45, 7) is 12.6. The van der Waals surface area contributed by atoms with E-state index in [4.69, 9.17) is 9.47 Å². The zero-order valence-corrected chi connectivity index (χ0v) is 22.1. The number of esters is 1. The molecule has 0 aliphatic rings. The summed E-state index contributed by atoms with van der Waals surface area (Å²) in [4.78, 5) is 50.9. The van der Waals surface area contributed by atoms with Crippen molar-refractivity contribution in [2.24, 2.45) is 11.8 Å². The van der Waals surface area contributed by atoms with Gasteiger partial charge in [-0.1, -0.05) is 58.0 Å². The predicted octanol–water partition coefficient (Wildman–Crippen LogP) is 2.97. The Kier molecular flexibility index (Phi) is 11.7. The molecule has 0 radical (unpaired) electrons. The van der Waals surface area contributed by atoms with Crippen LogP contribution in [0.1, 0.15) is 60.5 Å². The smallest absolute Gasteiger partial charge is 0.408 e. The molecule has 0 aliphatic carbocycles. The molecule has 0 saturated heterocycles. The van der Waals surface area contributed by atoms with Crippen molar-refractivity contribution in [1.82, 2.24) is 16.0 Å². The van der Waals surface area contributed by atoms with Gasteiger partial charge < -0.3 is 25.4 Å². The van der Waals surface area contributed by atoms with E-state index in [0.29, 0.717) is 6.42 Å². The number of ether oxygens (including phenoxy) is 2. The Morgan fingerprint density at radius 3 is 1.91 bits per heavy atom. The first-order chi connectivity index (χ1) is 16.2. The fourth-order valence-electron chi connectivity index (χ4n) is 3.39. The largest absolute Gasteiger partial charge is 0.467 e. The molecular formula is C26H41N3O6. The van der Waals surface area contributed by atoms with Gasteiger partial charge in [-0.15, -0.1) is 0 Å². The zero-order valence-electron chi connectivity index (χ0n) is 22.1. The van der Waals surface area contributed by atoms with Gasteiger partial charge in [0.15, 0.2) is 0 Å². The van der Waals surface area contributed by atoms with Crippen LogP contribution in [0.15, 0.2) is 30.3 Å². The molecule has 3 N–H and O–H groups in total. The molecule has 0 spiro atoms. The first-order valence-electron chi connectivity index (χ1n) is 12.0. The zero-order chi connectivity index (χ0) is 26.8. The topological polar surface area (TPSA) is 123 Å². The number of methoxy groups -OCH3 is 1. The maximum atomic E-state index is 13.2. The van der Waals surface area contributed by atoms with Gasteiger partial charge >= 0.3 is 12.1 Å². The van der Waals surface area contributed by atoms with Crippen molar-refractivity contribution >= 4 is 23.9 Å². The minimum Gasteiger partial charge on any atom is -0.467 e. The molecule has 0 fully saturated rings. The monoisotopic (exact) mass is 491 g/mol. The lowest BCUT2D eigenvalue weighted by molar-refractivity contribution is -0.145. The summed E-state index contributed by atoms with van der Waals surface area (Å²) < 4.78 is 10.2. The molecule has 0 heterocycles. The van der Waals surface area contributed by atoms with E-state index in [1.54, 1.807) is 34.6 Å². The standard InChI is InChI=1S/C26H41N3O6/c1-16(2)14-19(27-23(31)21(17(3)4)29-25(33)35-26(5,6)7)22(30)28-20(24(32)34-8)15-18-12-10-9-11-13-18/h9-13,16-17,19-21H,14-15H2,1-8H3,(H,27,31)(H,28,30)(H,29,33)/t19-,20+,21-/m0/s1. The molecule has 0 unspecified atom stereocenters. The van der Waals surface area contributed by atoms with Crippen molar-refractivity contribution in [3.63, 3.8) is 0 Å². The van der Waals surface area contributed by atoms with Crippen LogP contribution in [0.5, 0.6) is 0 Å². The average molecular weight is 492 g/mol. The van der Waals surface area contributed by atoms with E-state index in [1.165, 1.54) is 7.11 Å². The molecule has 1 rings (SSSR count). The summed E-state index contributed by atoms with van der Waals surface area (Å²) in [6.07, 6.45) is -0.130. The van der Waals surface area contributed by atoms with Gasteiger partial charge in [-0.25, -0.2) is 9.59 Å². The second-order valence-electron chi connectivity index (χ2n) is 10.3. The van der Waals surface area contributed by atoms with Crippen LogP contribution >= 0.6 is 0 Å². The number of rotatable bonds is 11. The van der Waals surface area contributed by atoms with Gasteiger partial charge in [0.25, 0.3) is 0 Å². The molecule has 0 aliphatic heterocycles. The first kappa shape index (κ1) is 29.9. The second kappa shape index (κ2) is 13.7. The minimum absolute atomic E-state index is 0.0769. The minimum atomic E-state index is -0.915. The molecule has 9 nitrogen and oxygen atoms in total. The fraction of sp³-hybridized carbons (Fsp3) is 0.615. The van der Waals surface area contributed by atoms with E-state index in [1.807, 2.05) is 44.2 Å². The van der Waals surface area contributed by atoms with Crippen LogP contribution in [0.3, 0.4) is 0 Å². The van der Waals surface area contributed by atoms with Crippen LogP contribution in [0.2, 0.25) is 0 Å². The quantitative estimate of drug-likeness (QED) is 0.409. The summed E-state index contributed by atoms with van der Waals surface area (Å²) in [5.41, 5.74) is 0.137. The Balaban J connectivity index is 3.01. The van der Waals surface area contributed by atoms with Crippen molar-refractivity contribution in [2.75, 3.05) is 7.11 Å². The molecule has 0 aromatic heterocycles. The number of carbonyl (C=O) groups is 4. The lowest BCUT2D eigenvalue weighted by Gasteiger charge is -2.28. The molecule has 35 heavy (non-hydrogen) atoms. The molecule has 3 amide bonds. The molecule has 9 heteroatoms. The highest BCUT2D eigenvalue weighted by atomic mass is 16.6. The third kappa shape index (κ3) is 11.2. The van der Waals surface area contributed by atoms with Gasteiger partial charge in [0.05, 0.1) is 7.11 Å². The number of carbonyl (C=O) groups excluding carboxylic acids is 4. The normalized spacial score (nSPS) is 14.0. The van der Waals surface area contributed by atoms with E-state index in [9.17, 15) is 19.2 Å². The maximum Gasteiger partial charge on any atom is 0.408 e. The molecule has 0 bridgehead atoms.